The Bertz CT molecular complexity index is 2750. The van der Waals surface area contributed by atoms with E-state index in [2.05, 4.69) is 211 Å². The maximum Gasteiger partial charge on any atom is 0.0483 e. The Morgan fingerprint density at radius 3 is 1.42 bits per heavy atom. The van der Waals surface area contributed by atoms with Crippen LogP contribution >= 0.6 is 42.4 Å². The van der Waals surface area contributed by atoms with E-state index < -0.39 is 42.4 Å². The van der Waals surface area contributed by atoms with Crippen LogP contribution in [0.2, 0.25) is 0 Å². The molecule has 0 bridgehead atoms. The third kappa shape index (κ3) is 9.51. The molecule has 1 heterocycles. The van der Waals surface area contributed by atoms with E-state index in [0.29, 0.717) is 11.8 Å². The molecule has 66 heavy (non-hydrogen) atoms. The lowest BCUT2D eigenvalue weighted by molar-refractivity contribution is 0.431. The van der Waals surface area contributed by atoms with Crippen molar-refractivity contribution in [2.45, 2.75) is 70.1 Å². The summed E-state index contributed by atoms with van der Waals surface area (Å²) in [5.41, 5.74) is 10.8. The quantitative estimate of drug-likeness (QED) is 0.122. The van der Waals surface area contributed by atoms with Crippen LogP contribution in [0.5, 0.6) is 0 Å². The summed E-state index contributed by atoms with van der Waals surface area (Å²) < 4.78 is 31.7. The van der Waals surface area contributed by atoms with E-state index in [-0.39, 0.29) is 23.7 Å². The number of fused-ring (bicyclic) bond motifs is 6. The van der Waals surface area contributed by atoms with Crippen LogP contribution in [-0.4, -0.2) is 48.0 Å². The van der Waals surface area contributed by atoms with E-state index in [1.54, 1.807) is 0 Å². The van der Waals surface area contributed by atoms with Gasteiger partial charge in [0.2, 0.25) is 0 Å². The normalized spacial score (nSPS) is 32.5. The monoisotopic (exact) mass is 956 g/mol. The number of benzene rings is 6. The van der Waals surface area contributed by atoms with E-state index in [1.807, 2.05) is 0 Å². The second-order valence-corrected chi connectivity index (χ2v) is 30.9. The van der Waals surface area contributed by atoms with Gasteiger partial charge in [-0.2, -0.15) is 56.9 Å². The first-order chi connectivity index (χ1) is 31.7. The summed E-state index contributed by atoms with van der Waals surface area (Å²) in [6.45, 7) is 9.45. The van der Waals surface area contributed by atoms with Crippen LogP contribution in [0, 0.1) is 5.92 Å². The largest absolute Gasteiger partial charge is 0.175 e. The van der Waals surface area contributed by atoms with Crippen molar-refractivity contribution < 1.29 is 14.5 Å². The van der Waals surface area contributed by atoms with Gasteiger partial charge in [0.15, 0.2) is 0 Å². The second kappa shape index (κ2) is 18.3. The molecule has 4 nitrogen and oxygen atoms in total. The fourth-order valence-corrected chi connectivity index (χ4v) is 28.5. The summed E-state index contributed by atoms with van der Waals surface area (Å²) in [4.78, 5) is 0. The Kier molecular flexibility index (Phi) is 12.8. The first-order valence-electron chi connectivity index (χ1n) is 23.8. The smallest absolute Gasteiger partial charge is 0.0483 e. The molecule has 0 radical (unpaired) electrons. The predicted molar refractivity (Wildman–Crippen MR) is 295 cm³/mol. The van der Waals surface area contributed by atoms with Crippen LogP contribution < -0.4 is 0 Å². The molecule has 8 unspecified atom stereocenters. The Hall–Kier alpha value is -3.70. The molecule has 1 aliphatic heterocycles. The van der Waals surface area contributed by atoms with Gasteiger partial charge in [-0.05, 0) is 114 Å². The Balaban J connectivity index is 1.06. The van der Waals surface area contributed by atoms with Crippen molar-refractivity contribution in [3.8, 4) is 0 Å². The number of rotatable bonds is 12. The first kappa shape index (κ1) is 46.1. The molecule has 0 amide bonds. The van der Waals surface area contributed by atoms with Gasteiger partial charge in [-0.25, -0.2) is 0 Å². The minimum atomic E-state index is -2.30. The number of allylic oxidation sites excluding steroid dienone is 3. The molecule has 4 aliphatic rings. The van der Waals surface area contributed by atoms with Gasteiger partial charge < -0.3 is 0 Å². The topological polar surface area (TPSA) is 36.9 Å². The van der Waals surface area contributed by atoms with Crippen LogP contribution in [0.15, 0.2) is 140 Å². The predicted octanol–water partition coefficient (Wildman–Crippen LogP) is 17.2. The molecule has 3 aliphatic carbocycles. The van der Waals surface area contributed by atoms with Crippen molar-refractivity contribution in [3.63, 3.8) is 0 Å². The van der Waals surface area contributed by atoms with Gasteiger partial charge in [0.1, 0.15) is 0 Å². The van der Waals surface area contributed by atoms with Crippen molar-refractivity contribution >= 4 is 82.1 Å². The maximum absolute atomic E-state index is 7.92. The van der Waals surface area contributed by atoms with Gasteiger partial charge in [0.25, 0.3) is 0 Å². The SMILES string of the molecule is CC(CS1(C)OS(C)(CC(C)c2cccc3ccccc23)OS(C)(CC(C)c2cccc3c2C=CC2CC32)OS(C)(CC(C)c2cccc3ccccc23)O1)c1cccc2c1C=CCC=C2. The highest BCUT2D eigenvalue weighted by Crippen LogP contribution is 2.81. The van der Waals surface area contributed by atoms with Crippen LogP contribution in [-0.2, 0) is 14.5 Å². The maximum atomic E-state index is 7.92. The third-order valence-corrected chi connectivity index (χ3v) is 27.7. The molecule has 6 aromatic rings. The molecule has 1 saturated heterocycles. The molecular weight excluding hydrogens is 889 g/mol. The van der Waals surface area contributed by atoms with Gasteiger partial charge in [-0.3, -0.25) is 0 Å². The van der Waals surface area contributed by atoms with E-state index >= 15 is 0 Å². The summed E-state index contributed by atoms with van der Waals surface area (Å²) >= 11 is 0. The zero-order chi connectivity index (χ0) is 45.8. The van der Waals surface area contributed by atoms with Crippen molar-refractivity contribution in [2.24, 2.45) is 5.92 Å². The van der Waals surface area contributed by atoms with Gasteiger partial charge in [0, 0.05) is 48.0 Å². The van der Waals surface area contributed by atoms with Crippen molar-refractivity contribution in [3.05, 3.63) is 184 Å². The first-order valence-corrected chi connectivity index (χ1v) is 32.0. The van der Waals surface area contributed by atoms with E-state index in [4.69, 9.17) is 14.5 Å². The number of hydrogen-bond acceptors (Lipinski definition) is 4. The molecule has 2 fully saturated rings. The molecule has 0 spiro atoms. The molecule has 10 rings (SSSR count). The van der Waals surface area contributed by atoms with Crippen molar-refractivity contribution in [2.75, 3.05) is 48.0 Å². The number of hydrogen-bond donors (Lipinski definition) is 0. The molecule has 0 N–H and O–H groups in total. The van der Waals surface area contributed by atoms with Gasteiger partial charge in [-0.1, -0.05) is 185 Å². The second-order valence-electron chi connectivity index (χ2n) is 20.0. The van der Waals surface area contributed by atoms with E-state index in [9.17, 15) is 0 Å². The summed E-state index contributed by atoms with van der Waals surface area (Å²) in [5.74, 6) is 4.91. The lowest BCUT2D eigenvalue weighted by atomic mass is 9.88. The fraction of sp³-hybridized carbons (Fsp3) is 0.345. The summed E-state index contributed by atoms with van der Waals surface area (Å²) in [6.07, 6.45) is 25.2. The van der Waals surface area contributed by atoms with Gasteiger partial charge >= 0.3 is 0 Å². The molecule has 8 heteroatoms. The summed E-state index contributed by atoms with van der Waals surface area (Å²) in [6, 6.07) is 44.7. The fourth-order valence-electron chi connectivity index (χ4n) is 11.4. The highest BCUT2D eigenvalue weighted by Gasteiger charge is 2.45. The minimum Gasteiger partial charge on any atom is -0.175 e. The lowest BCUT2D eigenvalue weighted by Crippen LogP contribution is -2.31. The zero-order valence-electron chi connectivity index (χ0n) is 40.0. The average molecular weight is 957 g/mol. The van der Waals surface area contributed by atoms with E-state index in [0.717, 1.165) is 29.4 Å². The molecular formula is C58H68O4S4. The molecule has 0 aromatic heterocycles. The van der Waals surface area contributed by atoms with Crippen molar-refractivity contribution in [1.82, 2.24) is 0 Å². The van der Waals surface area contributed by atoms with Crippen LogP contribution in [0.3, 0.4) is 0 Å². The highest BCUT2D eigenvalue weighted by atomic mass is 32.4. The Morgan fingerprint density at radius 2 is 0.879 bits per heavy atom. The van der Waals surface area contributed by atoms with Crippen LogP contribution in [0.4, 0.5) is 0 Å². The molecule has 8 atom stereocenters. The van der Waals surface area contributed by atoms with Gasteiger partial charge in [0.05, 0.1) is 0 Å². The molecule has 6 aromatic carbocycles. The van der Waals surface area contributed by atoms with Crippen molar-refractivity contribution in [1.29, 1.82) is 0 Å². The minimum absolute atomic E-state index is 0.149. The summed E-state index contributed by atoms with van der Waals surface area (Å²) in [5, 5.41) is 5.08. The Morgan fingerprint density at radius 1 is 0.455 bits per heavy atom. The third-order valence-electron chi connectivity index (χ3n) is 14.1. The highest BCUT2D eigenvalue weighted by molar-refractivity contribution is 8.49. The standard InChI is InChI=1S/C58H68O4S4/c1-41(49-29-16-23-45-20-10-9-11-26-53(45)49)37-63(5)59-64(6,38-42(2)50-30-17-24-46-21-12-14-27-54(46)50)61-66(8,40-44(4)52-32-19-33-56-57(52)35-34-48-36-58(48)56)62-65(7,60-63)39-43(3)51-31-18-25-47-22-13-15-28-55(47)51/h10-35,41-44,48,58H,9,36-40H2,1-8H3. The lowest BCUT2D eigenvalue weighted by Gasteiger charge is -2.63. The van der Waals surface area contributed by atoms with Crippen LogP contribution in [0.25, 0.3) is 39.8 Å². The van der Waals surface area contributed by atoms with Crippen LogP contribution in [0.1, 0.15) is 115 Å². The Labute approximate surface area is 402 Å². The molecule has 1 saturated carbocycles. The molecule has 348 valence electrons. The summed E-state index contributed by atoms with van der Waals surface area (Å²) in [7, 11) is -9.16. The average Bonchev–Trinajstić information content (AvgIpc) is 4.11. The van der Waals surface area contributed by atoms with Gasteiger partial charge in [-0.15, -0.1) is 0 Å². The van der Waals surface area contributed by atoms with E-state index in [1.165, 1.54) is 72.5 Å². The zero-order valence-corrected chi connectivity index (χ0v) is 43.2.